The topological polar surface area (TPSA) is 114 Å². The molecule has 1 aliphatic rings. The first-order valence-electron chi connectivity index (χ1n) is 9.04. The van der Waals surface area contributed by atoms with Gasteiger partial charge < -0.3 is 24.5 Å². The number of nitrogens with one attached hydrogen (secondary N) is 3. The number of aromatic nitrogens is 3. The lowest BCUT2D eigenvalue weighted by Gasteiger charge is -2.19. The molecular formula is C20H17N5O4. The van der Waals surface area contributed by atoms with Crippen LogP contribution in [0.2, 0.25) is 0 Å². The number of fused-ring (bicyclic) bond motifs is 2. The zero-order chi connectivity index (χ0) is 19.8. The molecule has 4 aromatic rings. The summed E-state index contributed by atoms with van der Waals surface area (Å²) in [5, 5.41) is 6.43. The summed E-state index contributed by atoms with van der Waals surface area (Å²) in [6, 6.07) is 10.9. The van der Waals surface area contributed by atoms with Crippen molar-refractivity contribution in [3.05, 3.63) is 58.7 Å². The minimum atomic E-state index is -0.485. The van der Waals surface area contributed by atoms with Crippen molar-refractivity contribution in [2.45, 2.75) is 6.92 Å². The van der Waals surface area contributed by atoms with Crippen LogP contribution >= 0.6 is 0 Å². The van der Waals surface area contributed by atoms with E-state index in [9.17, 15) is 4.79 Å². The predicted octanol–water partition coefficient (Wildman–Crippen LogP) is 3.48. The molecule has 9 nitrogen and oxygen atoms in total. The third-order valence-electron chi connectivity index (χ3n) is 4.45. The van der Waals surface area contributed by atoms with E-state index in [0.717, 1.165) is 22.7 Å². The highest BCUT2D eigenvalue weighted by atomic mass is 16.6. The van der Waals surface area contributed by atoms with Crippen LogP contribution in [0.5, 0.6) is 11.5 Å². The van der Waals surface area contributed by atoms with Crippen molar-refractivity contribution in [2.75, 3.05) is 23.8 Å². The molecule has 3 N–H and O–H groups in total. The number of anilines is 4. The largest absolute Gasteiger partial charge is 0.486 e. The molecule has 2 aromatic carbocycles. The smallest absolute Gasteiger partial charge is 0.417 e. The van der Waals surface area contributed by atoms with Crippen LogP contribution in [0.4, 0.5) is 23.1 Å². The van der Waals surface area contributed by atoms with Crippen molar-refractivity contribution in [3.8, 4) is 11.5 Å². The van der Waals surface area contributed by atoms with Gasteiger partial charge in [-0.25, -0.2) is 9.78 Å². The molecular weight excluding hydrogens is 374 g/mol. The molecule has 0 aliphatic carbocycles. The lowest BCUT2D eigenvalue weighted by molar-refractivity contribution is 0.171. The number of ether oxygens (including phenoxy) is 2. The molecule has 9 heteroatoms. The van der Waals surface area contributed by atoms with Gasteiger partial charge in [-0.2, -0.15) is 4.98 Å². The van der Waals surface area contributed by atoms with Crippen molar-refractivity contribution in [3.63, 3.8) is 0 Å². The first kappa shape index (κ1) is 17.1. The van der Waals surface area contributed by atoms with E-state index in [1.165, 1.54) is 0 Å². The molecule has 0 bridgehead atoms. The second-order valence-corrected chi connectivity index (χ2v) is 6.56. The summed E-state index contributed by atoms with van der Waals surface area (Å²) >= 11 is 0. The second-order valence-electron chi connectivity index (χ2n) is 6.56. The number of nitrogens with zero attached hydrogens (tertiary/aromatic N) is 2. The van der Waals surface area contributed by atoms with E-state index in [-0.39, 0.29) is 0 Å². The Kier molecular flexibility index (Phi) is 4.05. The minimum Gasteiger partial charge on any atom is -0.486 e. The summed E-state index contributed by atoms with van der Waals surface area (Å²) in [7, 11) is 0. The van der Waals surface area contributed by atoms with Gasteiger partial charge in [0.1, 0.15) is 19.0 Å². The molecule has 0 saturated carbocycles. The van der Waals surface area contributed by atoms with Crippen molar-refractivity contribution >= 4 is 34.2 Å². The maximum absolute atomic E-state index is 11.3. The van der Waals surface area contributed by atoms with E-state index in [0.29, 0.717) is 41.8 Å². The molecule has 0 fully saturated rings. The number of aryl methyl sites for hydroxylation is 1. The first-order chi connectivity index (χ1) is 14.1. The lowest BCUT2D eigenvalue weighted by atomic mass is 10.2. The monoisotopic (exact) mass is 391 g/mol. The van der Waals surface area contributed by atoms with Gasteiger partial charge in [-0.1, -0.05) is 0 Å². The number of oxazole rings is 1. The average Bonchev–Trinajstić information content (AvgIpc) is 3.10. The number of hydrogen-bond donors (Lipinski definition) is 3. The van der Waals surface area contributed by atoms with Crippen LogP contribution in [0.15, 0.2) is 51.8 Å². The molecule has 0 spiro atoms. The van der Waals surface area contributed by atoms with Crippen LogP contribution in [0, 0.1) is 6.92 Å². The van der Waals surface area contributed by atoms with Gasteiger partial charge in [-0.05, 0) is 37.3 Å². The van der Waals surface area contributed by atoms with Crippen LogP contribution in [-0.4, -0.2) is 28.2 Å². The molecule has 0 amide bonds. The van der Waals surface area contributed by atoms with Crippen molar-refractivity contribution in [2.24, 2.45) is 0 Å². The van der Waals surface area contributed by atoms with Crippen molar-refractivity contribution in [1.82, 2.24) is 15.0 Å². The molecule has 29 heavy (non-hydrogen) atoms. The summed E-state index contributed by atoms with van der Waals surface area (Å²) in [6.07, 6.45) is 1.73. The average molecular weight is 391 g/mol. The normalized spacial score (nSPS) is 12.7. The fourth-order valence-corrected chi connectivity index (χ4v) is 3.05. The maximum atomic E-state index is 11.3. The van der Waals surface area contributed by atoms with Gasteiger partial charge in [0.15, 0.2) is 17.1 Å². The Morgan fingerprint density at radius 3 is 2.69 bits per heavy atom. The van der Waals surface area contributed by atoms with Crippen LogP contribution in [0.25, 0.3) is 11.1 Å². The van der Waals surface area contributed by atoms with E-state index in [4.69, 9.17) is 13.9 Å². The molecule has 1 aliphatic heterocycles. The number of aromatic amines is 1. The first-order valence-corrected chi connectivity index (χ1v) is 9.04. The van der Waals surface area contributed by atoms with Gasteiger partial charge in [-0.15, -0.1) is 0 Å². The molecule has 0 saturated heterocycles. The maximum Gasteiger partial charge on any atom is 0.417 e. The van der Waals surface area contributed by atoms with Gasteiger partial charge in [0.05, 0.1) is 5.52 Å². The van der Waals surface area contributed by atoms with Gasteiger partial charge in [0, 0.05) is 29.2 Å². The number of H-pyrrole nitrogens is 1. The molecule has 0 unspecified atom stereocenters. The minimum absolute atomic E-state index is 0.438. The highest BCUT2D eigenvalue weighted by molar-refractivity contribution is 5.78. The Labute approximate surface area is 164 Å². The number of hydrogen-bond acceptors (Lipinski definition) is 8. The molecule has 2 aromatic heterocycles. The van der Waals surface area contributed by atoms with Crippen LogP contribution in [0.3, 0.4) is 0 Å². The summed E-state index contributed by atoms with van der Waals surface area (Å²) in [5.74, 6) is 2.01. The van der Waals surface area contributed by atoms with E-state index in [2.05, 4.69) is 25.6 Å². The standard InChI is InChI=1S/C20H17N5O4/c1-11-10-21-19(23-13-3-5-16-17(9-13)28-7-6-27-16)25-18(11)22-12-2-4-15-14(8-12)24-20(26)29-15/h2-5,8-10H,6-7H2,1H3,(H,24,26)(H2,21,22,23,25). The Hall–Kier alpha value is -4.01. The Morgan fingerprint density at radius 2 is 1.79 bits per heavy atom. The van der Waals surface area contributed by atoms with Crippen molar-refractivity contribution < 1.29 is 13.9 Å². The predicted molar refractivity (Wildman–Crippen MR) is 108 cm³/mol. The molecule has 0 atom stereocenters. The SMILES string of the molecule is Cc1cnc(Nc2ccc3c(c2)OCCO3)nc1Nc1ccc2oc(=O)[nH]c2c1. The number of benzene rings is 2. The summed E-state index contributed by atoms with van der Waals surface area (Å²) in [4.78, 5) is 22.9. The van der Waals surface area contributed by atoms with E-state index >= 15 is 0 Å². The fourth-order valence-electron chi connectivity index (χ4n) is 3.05. The number of rotatable bonds is 4. The molecule has 3 heterocycles. The van der Waals surface area contributed by atoms with Crippen LogP contribution < -0.4 is 25.9 Å². The van der Waals surface area contributed by atoms with Gasteiger partial charge >= 0.3 is 5.76 Å². The zero-order valence-electron chi connectivity index (χ0n) is 15.5. The van der Waals surface area contributed by atoms with E-state index in [1.54, 1.807) is 18.3 Å². The van der Waals surface area contributed by atoms with Gasteiger partial charge in [0.25, 0.3) is 0 Å². The van der Waals surface area contributed by atoms with E-state index < -0.39 is 5.76 Å². The highest BCUT2D eigenvalue weighted by Crippen LogP contribution is 2.33. The van der Waals surface area contributed by atoms with Crippen LogP contribution in [-0.2, 0) is 0 Å². The Bertz CT molecular complexity index is 1260. The summed E-state index contributed by atoms with van der Waals surface area (Å²) in [5.41, 5.74) is 3.55. The molecule has 146 valence electrons. The fraction of sp³-hybridized carbons (Fsp3) is 0.150. The summed E-state index contributed by atoms with van der Waals surface area (Å²) in [6.45, 7) is 2.99. The van der Waals surface area contributed by atoms with Crippen molar-refractivity contribution in [1.29, 1.82) is 0 Å². The van der Waals surface area contributed by atoms with Gasteiger partial charge in [-0.3, -0.25) is 4.98 Å². The third kappa shape index (κ3) is 3.45. The lowest BCUT2D eigenvalue weighted by Crippen LogP contribution is -2.15. The summed E-state index contributed by atoms with van der Waals surface area (Å²) < 4.78 is 16.2. The zero-order valence-corrected chi connectivity index (χ0v) is 15.5. The van der Waals surface area contributed by atoms with E-state index in [1.807, 2.05) is 31.2 Å². The Balaban J connectivity index is 1.40. The Morgan fingerprint density at radius 1 is 1.00 bits per heavy atom. The highest BCUT2D eigenvalue weighted by Gasteiger charge is 2.13. The van der Waals surface area contributed by atoms with Crippen LogP contribution in [0.1, 0.15) is 5.56 Å². The van der Waals surface area contributed by atoms with Gasteiger partial charge in [0.2, 0.25) is 5.95 Å². The molecule has 5 rings (SSSR count). The molecule has 0 radical (unpaired) electrons. The second kappa shape index (κ2) is 6.86. The third-order valence-corrected chi connectivity index (χ3v) is 4.45. The quantitative estimate of drug-likeness (QED) is 0.484.